The van der Waals surface area contributed by atoms with Crippen molar-refractivity contribution >= 4 is 44.2 Å². The molecule has 0 amide bonds. The molecule has 17 heavy (non-hydrogen) atoms. The highest BCUT2D eigenvalue weighted by Gasteiger charge is 2.23. The fraction of sp³-hybridized carbons (Fsp3) is 0.167. The first-order valence-electron chi connectivity index (χ1n) is 5.05. The number of aromatic nitrogens is 1. The molecule has 0 unspecified atom stereocenters. The zero-order valence-corrected chi connectivity index (χ0v) is 11.0. The van der Waals surface area contributed by atoms with Gasteiger partial charge in [0.2, 0.25) is 5.78 Å². The highest BCUT2D eigenvalue weighted by molar-refractivity contribution is 9.10. The van der Waals surface area contributed by atoms with Crippen molar-refractivity contribution in [3.8, 4) is 0 Å². The normalized spacial score (nSPS) is 15.1. The Morgan fingerprint density at radius 3 is 3.00 bits per heavy atom. The number of nitrogens with zero attached hydrogens (tertiary/aromatic N) is 1. The van der Waals surface area contributed by atoms with Crippen molar-refractivity contribution < 1.29 is 9.53 Å². The van der Waals surface area contributed by atoms with Gasteiger partial charge in [0.15, 0.2) is 0 Å². The van der Waals surface area contributed by atoms with Crippen molar-refractivity contribution in [3.05, 3.63) is 39.0 Å². The number of benzene rings is 1. The van der Waals surface area contributed by atoms with Gasteiger partial charge in [0, 0.05) is 20.4 Å². The number of hydrogen-bond donors (Lipinski definition) is 0. The second-order valence-electron chi connectivity index (χ2n) is 3.83. The van der Waals surface area contributed by atoms with Gasteiger partial charge in [-0.05, 0) is 34.1 Å². The standard InChI is InChI=1S/C12H7BrClNO2/c13-11-7-3-6(14)1-2-9(7)15-12-8(11)4-17-5-10(12)16/h1-3H,4-5H2. The molecule has 1 aromatic carbocycles. The summed E-state index contributed by atoms with van der Waals surface area (Å²) in [6, 6.07) is 5.40. The average molecular weight is 313 g/mol. The molecule has 1 aromatic heterocycles. The number of rotatable bonds is 0. The van der Waals surface area contributed by atoms with Gasteiger partial charge in [-0.25, -0.2) is 4.98 Å². The number of pyridine rings is 1. The Bertz CT molecular complexity index is 642. The minimum atomic E-state index is -0.0798. The second-order valence-corrected chi connectivity index (χ2v) is 5.06. The van der Waals surface area contributed by atoms with E-state index in [1.54, 1.807) is 6.07 Å². The number of carbonyl (C=O) groups is 1. The summed E-state index contributed by atoms with van der Waals surface area (Å²) >= 11 is 9.45. The predicted octanol–water partition coefficient (Wildman–Crippen LogP) is 3.36. The molecule has 0 fully saturated rings. The summed E-state index contributed by atoms with van der Waals surface area (Å²) in [7, 11) is 0. The second kappa shape index (κ2) is 4.05. The molecule has 86 valence electrons. The lowest BCUT2D eigenvalue weighted by Crippen LogP contribution is -2.20. The minimum absolute atomic E-state index is 0.0798. The van der Waals surface area contributed by atoms with Crippen LogP contribution >= 0.6 is 27.5 Å². The van der Waals surface area contributed by atoms with Crippen molar-refractivity contribution in [1.29, 1.82) is 0 Å². The van der Waals surface area contributed by atoms with E-state index in [-0.39, 0.29) is 12.4 Å². The van der Waals surface area contributed by atoms with Gasteiger partial charge in [0.25, 0.3) is 0 Å². The number of carbonyl (C=O) groups excluding carboxylic acids is 1. The fourth-order valence-corrected chi connectivity index (χ4v) is 2.70. The quantitative estimate of drug-likeness (QED) is 0.749. The molecule has 0 spiro atoms. The van der Waals surface area contributed by atoms with Crippen molar-refractivity contribution in [2.24, 2.45) is 0 Å². The number of halogens is 2. The van der Waals surface area contributed by atoms with E-state index in [0.717, 1.165) is 20.9 Å². The summed E-state index contributed by atoms with van der Waals surface area (Å²) in [6.45, 7) is 0.503. The Labute approximate surface area is 111 Å². The van der Waals surface area contributed by atoms with Gasteiger partial charge in [0.05, 0.1) is 12.1 Å². The van der Waals surface area contributed by atoms with E-state index in [2.05, 4.69) is 20.9 Å². The molecule has 2 aromatic rings. The van der Waals surface area contributed by atoms with Gasteiger partial charge < -0.3 is 4.74 Å². The zero-order valence-electron chi connectivity index (χ0n) is 8.67. The van der Waals surface area contributed by atoms with E-state index < -0.39 is 0 Å². The molecular weight excluding hydrogens is 305 g/mol. The van der Waals surface area contributed by atoms with Crippen molar-refractivity contribution in [3.63, 3.8) is 0 Å². The summed E-state index contributed by atoms with van der Waals surface area (Å²) in [4.78, 5) is 16.1. The van der Waals surface area contributed by atoms with Gasteiger partial charge in [-0.2, -0.15) is 0 Å². The smallest absolute Gasteiger partial charge is 0.207 e. The summed E-state index contributed by atoms with van der Waals surface area (Å²) in [5.74, 6) is -0.0798. The summed E-state index contributed by atoms with van der Waals surface area (Å²) < 4.78 is 6.06. The molecule has 0 saturated carbocycles. The van der Waals surface area contributed by atoms with Gasteiger partial charge in [-0.15, -0.1) is 0 Å². The van der Waals surface area contributed by atoms with Gasteiger partial charge in [-0.3, -0.25) is 4.79 Å². The van der Waals surface area contributed by atoms with E-state index in [9.17, 15) is 4.79 Å². The van der Waals surface area contributed by atoms with Gasteiger partial charge in [0.1, 0.15) is 12.3 Å². The first kappa shape index (κ1) is 11.1. The van der Waals surface area contributed by atoms with Crippen LogP contribution in [0.1, 0.15) is 16.1 Å². The van der Waals surface area contributed by atoms with E-state index >= 15 is 0 Å². The topological polar surface area (TPSA) is 39.2 Å². The molecule has 3 rings (SSSR count). The number of ketones is 1. The molecule has 0 radical (unpaired) electrons. The molecular formula is C12H7BrClNO2. The van der Waals surface area contributed by atoms with Crippen LogP contribution in [0.15, 0.2) is 22.7 Å². The molecule has 0 N–H and O–H groups in total. The lowest BCUT2D eigenvalue weighted by atomic mass is 10.1. The first-order valence-corrected chi connectivity index (χ1v) is 6.22. The number of hydrogen-bond acceptors (Lipinski definition) is 3. The molecule has 3 nitrogen and oxygen atoms in total. The molecule has 2 heterocycles. The van der Waals surface area contributed by atoms with Crippen LogP contribution in [0, 0.1) is 0 Å². The molecule has 0 atom stereocenters. The lowest BCUT2D eigenvalue weighted by Gasteiger charge is -2.17. The maximum absolute atomic E-state index is 11.7. The monoisotopic (exact) mass is 311 g/mol. The zero-order chi connectivity index (χ0) is 12.0. The predicted molar refractivity (Wildman–Crippen MR) is 68.4 cm³/mol. The van der Waals surface area contributed by atoms with Crippen LogP contribution in [0.25, 0.3) is 10.9 Å². The lowest BCUT2D eigenvalue weighted by molar-refractivity contribution is 0.0656. The summed E-state index contributed by atoms with van der Waals surface area (Å²) in [5, 5.41) is 1.54. The fourth-order valence-electron chi connectivity index (χ4n) is 1.91. The largest absolute Gasteiger partial charge is 0.368 e. The van der Waals surface area contributed by atoms with Gasteiger partial charge >= 0.3 is 0 Å². The third kappa shape index (κ3) is 1.76. The van der Waals surface area contributed by atoms with E-state index in [4.69, 9.17) is 16.3 Å². The molecule has 5 heteroatoms. The molecule has 0 bridgehead atoms. The molecule has 0 saturated heterocycles. The number of Topliss-reactive ketones (excluding diaryl/α,β-unsaturated/α-hetero) is 1. The number of ether oxygens (including phenoxy) is 1. The molecule has 0 aliphatic carbocycles. The van der Waals surface area contributed by atoms with Crippen molar-refractivity contribution in [1.82, 2.24) is 4.98 Å². The van der Waals surface area contributed by atoms with Crippen molar-refractivity contribution in [2.45, 2.75) is 6.61 Å². The molecule has 1 aliphatic rings. The Hall–Kier alpha value is -0.970. The van der Waals surface area contributed by atoms with Crippen LogP contribution < -0.4 is 0 Å². The van der Waals surface area contributed by atoms with E-state index in [0.29, 0.717) is 17.3 Å². The van der Waals surface area contributed by atoms with Crippen LogP contribution in [0.5, 0.6) is 0 Å². The Morgan fingerprint density at radius 1 is 1.35 bits per heavy atom. The first-order chi connectivity index (χ1) is 8.16. The van der Waals surface area contributed by atoms with Crippen LogP contribution in [0.4, 0.5) is 0 Å². The average Bonchev–Trinajstić information content (AvgIpc) is 2.32. The van der Waals surface area contributed by atoms with Crippen LogP contribution in [0.2, 0.25) is 5.02 Å². The SMILES string of the molecule is O=C1COCc2c1nc1ccc(Cl)cc1c2Br. The van der Waals surface area contributed by atoms with Crippen LogP contribution in [0.3, 0.4) is 0 Å². The van der Waals surface area contributed by atoms with Crippen molar-refractivity contribution in [2.75, 3.05) is 6.61 Å². The maximum atomic E-state index is 11.7. The Morgan fingerprint density at radius 2 is 2.18 bits per heavy atom. The highest BCUT2D eigenvalue weighted by atomic mass is 79.9. The van der Waals surface area contributed by atoms with Crippen LogP contribution in [-0.2, 0) is 11.3 Å². The third-order valence-corrected chi connectivity index (χ3v) is 3.86. The summed E-state index contributed by atoms with van der Waals surface area (Å²) in [6.07, 6.45) is 0. The Balaban J connectivity index is 2.39. The van der Waals surface area contributed by atoms with E-state index in [1.807, 2.05) is 12.1 Å². The van der Waals surface area contributed by atoms with E-state index in [1.165, 1.54) is 0 Å². The third-order valence-electron chi connectivity index (χ3n) is 2.72. The maximum Gasteiger partial charge on any atom is 0.207 e. The summed E-state index contributed by atoms with van der Waals surface area (Å²) in [5.41, 5.74) is 2.06. The number of fused-ring (bicyclic) bond motifs is 2. The highest BCUT2D eigenvalue weighted by Crippen LogP contribution is 2.32. The Kier molecular flexibility index (Phi) is 2.65. The van der Waals surface area contributed by atoms with Gasteiger partial charge in [-0.1, -0.05) is 11.6 Å². The minimum Gasteiger partial charge on any atom is -0.368 e. The van der Waals surface area contributed by atoms with Crippen LogP contribution in [-0.4, -0.2) is 17.4 Å². The molecule has 1 aliphatic heterocycles.